The fraction of sp³-hybridized carbons (Fsp3) is 0. The van der Waals surface area contributed by atoms with E-state index in [0.29, 0.717) is 0 Å². The molecule has 0 radical (unpaired) electrons. The van der Waals surface area contributed by atoms with Gasteiger partial charge in [-0.3, -0.25) is 0 Å². The maximum atomic E-state index is 8.33. The Labute approximate surface area is 61.6 Å². The van der Waals surface area contributed by atoms with Gasteiger partial charge in [-0.2, -0.15) is 0 Å². The van der Waals surface area contributed by atoms with Gasteiger partial charge in [0.05, 0.1) is 0 Å². The quantitative estimate of drug-likeness (QED) is 0.301. The Balaban J connectivity index is -0.0000000450. The first-order valence-corrected chi connectivity index (χ1v) is 0.612. The Morgan fingerprint density at radius 2 is 1.33 bits per heavy atom. The zero-order chi connectivity index (χ0) is 3.58. The van der Waals surface area contributed by atoms with Crippen molar-refractivity contribution in [3.63, 3.8) is 0 Å². The SMILES string of the molecule is O=C([O-])[O-].[AlH3].[Mg+2]. The third kappa shape index (κ3) is 180. The first-order chi connectivity index (χ1) is 1.73. The van der Waals surface area contributed by atoms with Crippen molar-refractivity contribution in [2.45, 2.75) is 0 Å². The number of carbonyl (C=O) groups excluding carboxylic acids is 1. The molecule has 0 spiro atoms. The summed E-state index contributed by atoms with van der Waals surface area (Å²) in [5.74, 6) is 0. The van der Waals surface area contributed by atoms with Crippen molar-refractivity contribution in [1.29, 1.82) is 0 Å². The number of hydrogen-bond donors (Lipinski definition) is 0. The van der Waals surface area contributed by atoms with E-state index < -0.39 is 6.16 Å². The van der Waals surface area contributed by atoms with Gasteiger partial charge in [-0.1, -0.05) is 0 Å². The van der Waals surface area contributed by atoms with Gasteiger partial charge >= 0.3 is 23.1 Å². The molecule has 0 saturated carbocycles. The minimum Gasteiger partial charge on any atom is -0.652 e. The fourth-order valence-electron chi connectivity index (χ4n) is 0. The van der Waals surface area contributed by atoms with Gasteiger partial charge < -0.3 is 15.0 Å². The van der Waals surface area contributed by atoms with Crippen LogP contribution in [0.2, 0.25) is 0 Å². The molecule has 0 amide bonds. The van der Waals surface area contributed by atoms with E-state index in [2.05, 4.69) is 0 Å². The fourth-order valence-corrected chi connectivity index (χ4v) is 0. The third-order valence-corrected chi connectivity index (χ3v) is 0. The monoisotopic (exact) mass is 114 g/mol. The normalized spacial score (nSPS) is 4.00. The molecule has 0 aromatic heterocycles. The predicted molar refractivity (Wildman–Crippen MR) is 21.1 cm³/mol. The average Bonchev–Trinajstić information content (AvgIpc) is 0.811. The van der Waals surface area contributed by atoms with Gasteiger partial charge in [-0.25, -0.2) is 0 Å². The van der Waals surface area contributed by atoms with Crippen molar-refractivity contribution >= 4 is 46.6 Å². The Morgan fingerprint density at radius 3 is 1.33 bits per heavy atom. The molecule has 0 heterocycles. The molecule has 0 bridgehead atoms. The van der Waals surface area contributed by atoms with E-state index in [1.54, 1.807) is 0 Å². The second-order valence-corrected chi connectivity index (χ2v) is 0.250. The second kappa shape index (κ2) is 9.13. The molecule has 0 atom stereocenters. The summed E-state index contributed by atoms with van der Waals surface area (Å²) in [6.45, 7) is 0. The average molecular weight is 114 g/mol. The molecule has 0 aromatic rings. The first kappa shape index (κ1) is 16.0. The number of carbonyl (C=O) groups is 1. The summed E-state index contributed by atoms with van der Waals surface area (Å²) in [5, 5.41) is 16.7. The van der Waals surface area contributed by atoms with Crippen LogP contribution in [0.25, 0.3) is 0 Å². The molecule has 30 valence electrons. The smallest absolute Gasteiger partial charge is 0.652 e. The van der Waals surface area contributed by atoms with E-state index in [-0.39, 0.29) is 40.4 Å². The van der Waals surface area contributed by atoms with Crippen molar-refractivity contribution in [2.75, 3.05) is 0 Å². The van der Waals surface area contributed by atoms with Crippen molar-refractivity contribution in [3.05, 3.63) is 0 Å². The van der Waals surface area contributed by atoms with E-state index in [1.807, 2.05) is 0 Å². The molecule has 0 N–H and O–H groups in total. The van der Waals surface area contributed by atoms with Crippen LogP contribution in [-0.4, -0.2) is 46.6 Å². The number of hydrogen-bond acceptors (Lipinski definition) is 3. The molecule has 5 heteroatoms. The van der Waals surface area contributed by atoms with Crippen LogP contribution in [0.5, 0.6) is 0 Å². The second-order valence-electron chi connectivity index (χ2n) is 0.250. The summed E-state index contributed by atoms with van der Waals surface area (Å²) < 4.78 is 0. The van der Waals surface area contributed by atoms with Gasteiger partial charge in [0.1, 0.15) is 0 Å². The predicted octanol–water partition coefficient (Wildman–Crippen LogP) is -4.01. The molecule has 0 aromatic carbocycles. The topological polar surface area (TPSA) is 63.2 Å². The Hall–Kier alpha value is 0.569. The van der Waals surface area contributed by atoms with Crippen molar-refractivity contribution in [3.8, 4) is 0 Å². The summed E-state index contributed by atoms with van der Waals surface area (Å²) >= 11 is 0. The molecule has 0 rings (SSSR count). The molecule has 0 aliphatic heterocycles. The van der Waals surface area contributed by atoms with E-state index in [1.165, 1.54) is 0 Å². The summed E-state index contributed by atoms with van der Waals surface area (Å²) in [6.07, 6.45) is -2.33. The van der Waals surface area contributed by atoms with Gasteiger partial charge in [-0.05, 0) is 6.16 Å². The Kier molecular flexibility index (Phi) is 24.3. The van der Waals surface area contributed by atoms with Crippen LogP contribution in [0.4, 0.5) is 4.79 Å². The van der Waals surface area contributed by atoms with E-state index >= 15 is 0 Å². The third-order valence-electron chi connectivity index (χ3n) is 0. The zero-order valence-electron chi connectivity index (χ0n) is 2.43. The Morgan fingerprint density at radius 1 is 1.33 bits per heavy atom. The van der Waals surface area contributed by atoms with Gasteiger partial charge in [0.15, 0.2) is 17.4 Å². The maximum Gasteiger partial charge on any atom is 2.00 e. The Bertz CT molecular complexity index is 33.8. The molecule has 0 saturated heterocycles. The molecule has 0 fully saturated rings. The van der Waals surface area contributed by atoms with E-state index in [9.17, 15) is 0 Å². The molecule has 0 unspecified atom stereocenters. The zero-order valence-corrected chi connectivity index (χ0v) is 3.85. The standard InChI is InChI=1S/CH2O3.Al.Mg.3H/c2-1(3)4;;;;;/h(H2,2,3,4);;;;;/q;;+2;;;/p-2. The summed E-state index contributed by atoms with van der Waals surface area (Å²) in [7, 11) is 0. The van der Waals surface area contributed by atoms with Crippen LogP contribution in [0.15, 0.2) is 0 Å². The van der Waals surface area contributed by atoms with Gasteiger partial charge in [-0.15, -0.1) is 0 Å². The largest absolute Gasteiger partial charge is 2.00 e. The van der Waals surface area contributed by atoms with E-state index in [4.69, 9.17) is 15.0 Å². The molecular weight excluding hydrogens is 111 g/mol. The minimum absolute atomic E-state index is 0. The number of rotatable bonds is 0. The molecule has 0 aliphatic rings. The van der Waals surface area contributed by atoms with Crippen LogP contribution in [0.3, 0.4) is 0 Å². The maximum absolute atomic E-state index is 8.33. The van der Waals surface area contributed by atoms with Crippen LogP contribution in [-0.2, 0) is 0 Å². The first-order valence-electron chi connectivity index (χ1n) is 0.612. The van der Waals surface area contributed by atoms with Crippen LogP contribution in [0, 0.1) is 0 Å². The van der Waals surface area contributed by atoms with Gasteiger partial charge in [0.2, 0.25) is 0 Å². The minimum atomic E-state index is -2.33. The van der Waals surface area contributed by atoms with Crippen molar-refractivity contribution < 1.29 is 15.0 Å². The van der Waals surface area contributed by atoms with Gasteiger partial charge in [0.25, 0.3) is 0 Å². The summed E-state index contributed by atoms with van der Waals surface area (Å²) in [6, 6.07) is 0. The molecule has 0 aliphatic carbocycles. The number of carboxylic acid groups (broad SMARTS) is 2. The molecular formula is CH3AlMgO3. The van der Waals surface area contributed by atoms with Crippen LogP contribution in [0.1, 0.15) is 0 Å². The van der Waals surface area contributed by atoms with Gasteiger partial charge in [0, 0.05) is 0 Å². The summed E-state index contributed by atoms with van der Waals surface area (Å²) in [4.78, 5) is 8.33. The van der Waals surface area contributed by atoms with E-state index in [0.717, 1.165) is 0 Å². The van der Waals surface area contributed by atoms with Crippen LogP contribution < -0.4 is 10.2 Å². The molecule has 6 heavy (non-hydrogen) atoms. The van der Waals surface area contributed by atoms with Crippen molar-refractivity contribution in [2.24, 2.45) is 0 Å². The molecule has 3 nitrogen and oxygen atoms in total. The summed E-state index contributed by atoms with van der Waals surface area (Å²) in [5.41, 5.74) is 0. The van der Waals surface area contributed by atoms with Crippen molar-refractivity contribution in [1.82, 2.24) is 0 Å². The van der Waals surface area contributed by atoms with Crippen LogP contribution >= 0.6 is 0 Å².